The molecule has 1 saturated heterocycles. The number of methoxy groups -OCH3 is 1. The molecule has 2 aliphatic carbocycles. The van der Waals surface area contributed by atoms with Crippen molar-refractivity contribution in [2.75, 3.05) is 20.2 Å². The maximum atomic E-state index is 14.5. The van der Waals surface area contributed by atoms with Crippen molar-refractivity contribution in [1.29, 1.82) is 0 Å². The van der Waals surface area contributed by atoms with E-state index in [-0.39, 0.29) is 53.5 Å². The SMILES string of the molecule is [C-]#[N+][C@@](c1cccc(F)c1)(C1CCN(C(=O)CCc2cccc(S(=O)(=O)C3CC3)c2)CC1)[C@H]1CCC[C@@H]1CC(=O)OC. The summed E-state index contributed by atoms with van der Waals surface area (Å²) in [4.78, 5) is 31.9. The number of carbonyl (C=O) groups excluding carboxylic acids is 2. The maximum absolute atomic E-state index is 14.5. The molecule has 7 nitrogen and oxygen atoms in total. The summed E-state index contributed by atoms with van der Waals surface area (Å²) in [7, 11) is -1.91. The van der Waals surface area contributed by atoms with Crippen molar-refractivity contribution in [3.63, 3.8) is 0 Å². The van der Waals surface area contributed by atoms with Gasteiger partial charge in [-0.25, -0.2) is 19.4 Å². The lowest BCUT2D eigenvalue weighted by Crippen LogP contribution is -2.48. The number of esters is 1. The summed E-state index contributed by atoms with van der Waals surface area (Å²) in [5, 5.41) is -0.273. The van der Waals surface area contributed by atoms with E-state index in [1.165, 1.54) is 19.2 Å². The third-order valence-electron chi connectivity index (χ3n) is 9.64. The average molecular weight is 595 g/mol. The van der Waals surface area contributed by atoms with E-state index in [0.717, 1.165) is 24.8 Å². The third-order valence-corrected chi connectivity index (χ3v) is 11.9. The first-order valence-electron chi connectivity index (χ1n) is 15.0. The van der Waals surface area contributed by atoms with Gasteiger partial charge in [-0.05, 0) is 80.7 Å². The van der Waals surface area contributed by atoms with Crippen molar-refractivity contribution >= 4 is 21.7 Å². The lowest BCUT2D eigenvalue weighted by molar-refractivity contribution is -0.142. The molecule has 2 saturated carbocycles. The van der Waals surface area contributed by atoms with E-state index in [1.807, 2.05) is 17.0 Å². The van der Waals surface area contributed by atoms with Crippen LogP contribution in [-0.4, -0.2) is 50.6 Å². The first-order chi connectivity index (χ1) is 20.2. The Morgan fingerprint density at radius 3 is 2.45 bits per heavy atom. The fraction of sp³-hybridized carbons (Fsp3) is 0.545. The van der Waals surface area contributed by atoms with E-state index in [4.69, 9.17) is 11.3 Å². The maximum Gasteiger partial charge on any atom is 0.305 e. The topological polar surface area (TPSA) is 85.1 Å². The molecule has 1 amide bonds. The van der Waals surface area contributed by atoms with Gasteiger partial charge in [0.25, 0.3) is 5.54 Å². The van der Waals surface area contributed by atoms with E-state index in [9.17, 15) is 22.4 Å². The number of benzene rings is 2. The number of aryl methyl sites for hydroxylation is 1. The molecule has 224 valence electrons. The van der Waals surface area contributed by atoms with Crippen LogP contribution in [0.15, 0.2) is 53.4 Å². The summed E-state index contributed by atoms with van der Waals surface area (Å²) in [6.07, 6.45) is 6.14. The highest BCUT2D eigenvalue weighted by atomic mass is 32.2. The van der Waals surface area contributed by atoms with Crippen molar-refractivity contribution < 1.29 is 27.1 Å². The molecule has 3 aliphatic rings. The van der Waals surface area contributed by atoms with Crippen molar-refractivity contribution in [1.82, 2.24) is 4.90 Å². The molecule has 1 aliphatic heterocycles. The second-order valence-corrected chi connectivity index (χ2v) is 14.3. The van der Waals surface area contributed by atoms with Crippen LogP contribution in [0, 0.1) is 30.1 Å². The van der Waals surface area contributed by atoms with Crippen LogP contribution < -0.4 is 0 Å². The molecule has 42 heavy (non-hydrogen) atoms. The molecule has 9 heteroatoms. The monoisotopic (exact) mass is 594 g/mol. The first-order valence-corrected chi connectivity index (χ1v) is 16.6. The lowest BCUT2D eigenvalue weighted by Gasteiger charge is -2.42. The minimum absolute atomic E-state index is 0.00695. The van der Waals surface area contributed by atoms with Gasteiger partial charge in [0.1, 0.15) is 5.82 Å². The van der Waals surface area contributed by atoms with Gasteiger partial charge in [0.2, 0.25) is 5.91 Å². The predicted octanol–water partition coefficient (Wildman–Crippen LogP) is 5.73. The number of rotatable bonds is 10. The number of hydrogen-bond donors (Lipinski definition) is 0. The number of nitrogens with zero attached hydrogens (tertiary/aromatic N) is 2. The predicted molar refractivity (Wildman–Crippen MR) is 156 cm³/mol. The van der Waals surface area contributed by atoms with E-state index in [0.29, 0.717) is 55.7 Å². The first kappa shape index (κ1) is 30.2. The van der Waals surface area contributed by atoms with Crippen LogP contribution in [0.5, 0.6) is 0 Å². The Bertz CT molecular complexity index is 1460. The Kier molecular flexibility index (Phi) is 9.03. The van der Waals surface area contributed by atoms with Crippen molar-refractivity contribution in [3.05, 3.63) is 76.9 Å². The van der Waals surface area contributed by atoms with Gasteiger partial charge >= 0.3 is 5.97 Å². The number of sulfone groups is 1. The van der Waals surface area contributed by atoms with Gasteiger partial charge in [0.05, 0.1) is 17.3 Å². The molecule has 0 unspecified atom stereocenters. The van der Waals surface area contributed by atoms with Crippen LogP contribution >= 0.6 is 0 Å². The van der Waals surface area contributed by atoms with Gasteiger partial charge in [-0.1, -0.05) is 30.7 Å². The summed E-state index contributed by atoms with van der Waals surface area (Å²) >= 11 is 0. The zero-order valence-corrected chi connectivity index (χ0v) is 25.0. The molecule has 2 aromatic rings. The van der Waals surface area contributed by atoms with E-state index < -0.39 is 15.4 Å². The number of hydrogen-bond acceptors (Lipinski definition) is 5. The molecule has 0 radical (unpaired) electrons. The zero-order valence-electron chi connectivity index (χ0n) is 24.1. The van der Waals surface area contributed by atoms with Crippen molar-refractivity contribution in [2.45, 2.75) is 79.9 Å². The number of carbonyl (C=O) groups is 2. The highest BCUT2D eigenvalue weighted by molar-refractivity contribution is 7.92. The summed E-state index contributed by atoms with van der Waals surface area (Å²) in [5.41, 5.74) is 0.501. The molecule has 3 fully saturated rings. The molecule has 0 N–H and O–H groups in total. The van der Waals surface area contributed by atoms with E-state index in [2.05, 4.69) is 4.85 Å². The molecule has 0 aromatic heterocycles. The van der Waals surface area contributed by atoms with Crippen molar-refractivity contribution in [2.24, 2.45) is 17.8 Å². The minimum atomic E-state index is -3.28. The van der Waals surface area contributed by atoms with Gasteiger partial charge in [-0.2, -0.15) is 0 Å². The Morgan fingerprint density at radius 1 is 1.05 bits per heavy atom. The van der Waals surface area contributed by atoms with Crippen LogP contribution in [0.3, 0.4) is 0 Å². The van der Waals surface area contributed by atoms with Crippen LogP contribution in [0.1, 0.15) is 68.9 Å². The Hall–Kier alpha value is -3.25. The molecule has 2 aromatic carbocycles. The molecular weight excluding hydrogens is 555 g/mol. The van der Waals surface area contributed by atoms with Crippen LogP contribution in [0.2, 0.25) is 0 Å². The van der Waals surface area contributed by atoms with Crippen molar-refractivity contribution in [3.8, 4) is 0 Å². The summed E-state index contributed by atoms with van der Waals surface area (Å²) in [5.74, 6) is -0.886. The van der Waals surface area contributed by atoms with Gasteiger partial charge in [-0.3, -0.25) is 9.59 Å². The zero-order chi connectivity index (χ0) is 29.9. The lowest BCUT2D eigenvalue weighted by atomic mass is 9.63. The molecule has 0 spiro atoms. The van der Waals surface area contributed by atoms with Gasteiger partial charge in [0.15, 0.2) is 9.84 Å². The van der Waals surface area contributed by atoms with Crippen LogP contribution in [0.25, 0.3) is 4.85 Å². The summed E-state index contributed by atoms with van der Waals surface area (Å²) in [6, 6.07) is 13.3. The number of ether oxygens (including phenoxy) is 1. The van der Waals surface area contributed by atoms with E-state index >= 15 is 0 Å². The van der Waals surface area contributed by atoms with E-state index in [1.54, 1.807) is 24.3 Å². The fourth-order valence-corrected chi connectivity index (χ4v) is 9.04. The quantitative estimate of drug-likeness (QED) is 0.259. The Morgan fingerprint density at radius 2 is 1.79 bits per heavy atom. The molecular formula is C33H39FN2O5S. The summed E-state index contributed by atoms with van der Waals surface area (Å²) < 4.78 is 44.7. The minimum Gasteiger partial charge on any atom is -0.469 e. The standard InChI is InChI=1S/C33H39FN2O5S/c1-35-33(26-8-5-9-27(34)22-26,30-11-4-7-24(30)21-32(38)41-2)25-16-18-36(19-17-25)31(37)15-12-23-6-3-10-29(20-23)42(39,40)28-13-14-28/h3,5-6,8-10,20,22,24-25,28,30H,4,7,11-19,21H2,2H3/t24-,30+,33-/m1/s1. The summed E-state index contributed by atoms with van der Waals surface area (Å²) in [6.45, 7) is 9.49. The molecule has 0 bridgehead atoms. The van der Waals surface area contributed by atoms with Crippen LogP contribution in [-0.2, 0) is 36.1 Å². The number of halogens is 1. The highest BCUT2D eigenvalue weighted by Crippen LogP contribution is 2.54. The highest BCUT2D eigenvalue weighted by Gasteiger charge is 2.58. The number of amides is 1. The van der Waals surface area contributed by atoms with Gasteiger partial charge < -0.3 is 14.5 Å². The molecule has 1 heterocycles. The fourth-order valence-electron chi connectivity index (χ4n) is 7.31. The number of piperidine rings is 1. The second-order valence-electron chi connectivity index (χ2n) is 12.1. The average Bonchev–Trinajstić information content (AvgIpc) is 3.78. The second kappa shape index (κ2) is 12.5. The largest absolute Gasteiger partial charge is 0.469 e. The van der Waals surface area contributed by atoms with Gasteiger partial charge in [-0.15, -0.1) is 0 Å². The molecule has 3 atom stereocenters. The smallest absolute Gasteiger partial charge is 0.305 e. The Labute approximate surface area is 248 Å². The number of likely N-dealkylation sites (tertiary alicyclic amines) is 1. The third kappa shape index (κ3) is 6.10. The normalized spacial score (nSPS) is 22.7. The van der Waals surface area contributed by atoms with Gasteiger partial charge in [0, 0.05) is 43.3 Å². The van der Waals surface area contributed by atoms with Crippen LogP contribution in [0.4, 0.5) is 4.39 Å². The Balaban J connectivity index is 1.29. The molecule has 5 rings (SSSR count).